The maximum Gasteiger partial charge on any atom is 0.251 e. The molecule has 4 rings (SSSR count). The van der Waals surface area contributed by atoms with Gasteiger partial charge in [0.15, 0.2) is 0 Å². The van der Waals surface area contributed by atoms with Gasteiger partial charge in [-0.25, -0.2) is 13.8 Å². The summed E-state index contributed by atoms with van der Waals surface area (Å²) in [6, 6.07) is 5.61. The molecular formula is C21H20F2N4O3. The number of hydrogen-bond donors (Lipinski definition) is 1. The van der Waals surface area contributed by atoms with Crippen LogP contribution in [0.4, 0.5) is 8.78 Å². The highest BCUT2D eigenvalue weighted by Gasteiger charge is 2.26. The molecule has 0 radical (unpaired) electrons. The topological polar surface area (TPSA) is 75.9 Å². The number of imidazole rings is 1. The Kier molecular flexibility index (Phi) is 5.21. The fourth-order valence-electron chi connectivity index (χ4n) is 3.52. The third kappa shape index (κ3) is 3.52. The number of halogens is 2. The Morgan fingerprint density at radius 2 is 2.00 bits per heavy atom. The number of ether oxygens (including phenoxy) is 1. The number of morpholine rings is 1. The van der Waals surface area contributed by atoms with E-state index in [-0.39, 0.29) is 35.9 Å². The average Bonchev–Trinajstić information content (AvgIpc) is 3.05. The zero-order valence-corrected chi connectivity index (χ0v) is 16.5. The maximum atomic E-state index is 15.0. The highest BCUT2D eigenvalue weighted by atomic mass is 19.1. The number of rotatable bonds is 4. The monoisotopic (exact) mass is 414 g/mol. The van der Waals surface area contributed by atoms with Crippen molar-refractivity contribution in [1.29, 1.82) is 0 Å². The molecule has 2 aromatic heterocycles. The van der Waals surface area contributed by atoms with Crippen molar-refractivity contribution in [1.82, 2.24) is 19.6 Å². The first-order valence-corrected chi connectivity index (χ1v) is 9.43. The third-order valence-corrected chi connectivity index (χ3v) is 5.07. The normalized spacial score (nSPS) is 14.4. The van der Waals surface area contributed by atoms with Gasteiger partial charge in [0.25, 0.3) is 5.91 Å². The number of fused-ring (bicyclic) bond motifs is 1. The standard InChI is InChI=1S/C21H20F2N4O3/c1-12-3-4-27-16(10-26-5-6-30-11-18(26)28)20(25-17(27)7-12)19-14(22)8-13(9-15(19)23)21(29)24-2/h3-4,7-9H,5-6,10-11H2,1-2H3,(H,24,29). The van der Waals surface area contributed by atoms with E-state index in [9.17, 15) is 18.4 Å². The molecule has 1 N–H and O–H groups in total. The van der Waals surface area contributed by atoms with E-state index in [0.717, 1.165) is 17.7 Å². The highest BCUT2D eigenvalue weighted by molar-refractivity contribution is 5.94. The highest BCUT2D eigenvalue weighted by Crippen LogP contribution is 2.31. The quantitative estimate of drug-likeness (QED) is 0.711. The molecule has 156 valence electrons. The smallest absolute Gasteiger partial charge is 0.251 e. The largest absolute Gasteiger partial charge is 0.370 e. The van der Waals surface area contributed by atoms with E-state index in [1.165, 1.54) is 7.05 Å². The summed E-state index contributed by atoms with van der Waals surface area (Å²) in [5, 5.41) is 2.35. The third-order valence-electron chi connectivity index (χ3n) is 5.07. The minimum absolute atomic E-state index is 0.0330. The zero-order chi connectivity index (χ0) is 21.4. The number of aromatic nitrogens is 2. The number of carbonyl (C=O) groups is 2. The zero-order valence-electron chi connectivity index (χ0n) is 16.5. The average molecular weight is 414 g/mol. The van der Waals surface area contributed by atoms with Gasteiger partial charge in [0.05, 0.1) is 24.4 Å². The van der Waals surface area contributed by atoms with Crippen molar-refractivity contribution in [3.63, 3.8) is 0 Å². The van der Waals surface area contributed by atoms with Crippen molar-refractivity contribution >= 4 is 17.5 Å². The summed E-state index contributed by atoms with van der Waals surface area (Å²) in [7, 11) is 1.38. The van der Waals surface area contributed by atoms with Gasteiger partial charge in [-0.05, 0) is 36.8 Å². The molecule has 2 amide bonds. The molecular weight excluding hydrogens is 394 g/mol. The van der Waals surface area contributed by atoms with Gasteiger partial charge in [-0.2, -0.15) is 0 Å². The van der Waals surface area contributed by atoms with E-state index >= 15 is 0 Å². The molecule has 1 saturated heterocycles. The van der Waals surface area contributed by atoms with Crippen LogP contribution < -0.4 is 5.32 Å². The van der Waals surface area contributed by atoms with Gasteiger partial charge in [0.2, 0.25) is 5.91 Å². The molecule has 1 aromatic carbocycles. The number of pyridine rings is 1. The second kappa shape index (κ2) is 7.83. The van der Waals surface area contributed by atoms with E-state index in [4.69, 9.17) is 4.74 Å². The number of hydrogen-bond acceptors (Lipinski definition) is 4. The Morgan fingerprint density at radius 3 is 2.67 bits per heavy atom. The van der Waals surface area contributed by atoms with Crippen molar-refractivity contribution < 1.29 is 23.1 Å². The van der Waals surface area contributed by atoms with Gasteiger partial charge in [-0.1, -0.05) is 0 Å². The Hall–Kier alpha value is -3.33. The van der Waals surface area contributed by atoms with Crippen molar-refractivity contribution in [3.8, 4) is 11.3 Å². The molecule has 0 aliphatic carbocycles. The molecule has 7 nitrogen and oxygen atoms in total. The molecule has 0 unspecified atom stereocenters. The molecule has 0 bridgehead atoms. The van der Waals surface area contributed by atoms with E-state index in [1.54, 1.807) is 21.6 Å². The van der Waals surface area contributed by atoms with Gasteiger partial charge >= 0.3 is 0 Å². The SMILES string of the molecule is CNC(=O)c1cc(F)c(-c2nc3cc(C)ccn3c2CN2CCOCC2=O)c(F)c1. The fraction of sp³-hybridized carbons (Fsp3) is 0.286. The number of nitrogens with zero attached hydrogens (tertiary/aromatic N) is 3. The first kappa shape index (κ1) is 20.0. The second-order valence-corrected chi connectivity index (χ2v) is 7.10. The van der Waals surface area contributed by atoms with Gasteiger partial charge in [0.1, 0.15) is 29.6 Å². The lowest BCUT2D eigenvalue weighted by Crippen LogP contribution is -2.41. The van der Waals surface area contributed by atoms with Gasteiger partial charge in [-0.15, -0.1) is 0 Å². The Balaban J connectivity index is 1.88. The predicted molar refractivity (Wildman–Crippen MR) is 105 cm³/mol. The van der Waals surface area contributed by atoms with Crippen LogP contribution in [0.3, 0.4) is 0 Å². The molecule has 1 fully saturated rings. The van der Waals surface area contributed by atoms with Crippen molar-refractivity contribution in [2.75, 3.05) is 26.8 Å². The number of benzene rings is 1. The van der Waals surface area contributed by atoms with Crippen LogP contribution in [0.5, 0.6) is 0 Å². The number of carbonyl (C=O) groups excluding carboxylic acids is 2. The summed E-state index contributed by atoms with van der Waals surface area (Å²) in [6.07, 6.45) is 1.76. The van der Waals surface area contributed by atoms with Crippen molar-refractivity contribution in [2.24, 2.45) is 0 Å². The van der Waals surface area contributed by atoms with Crippen LogP contribution in [-0.4, -0.2) is 52.9 Å². The number of amides is 2. The minimum Gasteiger partial charge on any atom is -0.370 e. The fourth-order valence-corrected chi connectivity index (χ4v) is 3.52. The van der Waals surface area contributed by atoms with Gasteiger partial charge in [0, 0.05) is 25.4 Å². The Bertz CT molecular complexity index is 1140. The Labute approximate surface area is 171 Å². The van der Waals surface area contributed by atoms with Crippen molar-refractivity contribution in [3.05, 3.63) is 58.9 Å². The molecule has 1 aliphatic heterocycles. The van der Waals surface area contributed by atoms with Gasteiger partial charge in [-0.3, -0.25) is 9.59 Å². The first-order chi connectivity index (χ1) is 14.4. The minimum atomic E-state index is -0.900. The van der Waals surface area contributed by atoms with Crippen LogP contribution in [0.2, 0.25) is 0 Å². The van der Waals surface area contributed by atoms with Crippen LogP contribution in [0.25, 0.3) is 16.9 Å². The van der Waals surface area contributed by atoms with Crippen LogP contribution in [0.1, 0.15) is 21.6 Å². The maximum absolute atomic E-state index is 15.0. The van der Waals surface area contributed by atoms with Crippen molar-refractivity contribution in [2.45, 2.75) is 13.5 Å². The molecule has 0 spiro atoms. The van der Waals surface area contributed by atoms with E-state index in [0.29, 0.717) is 24.5 Å². The molecule has 0 saturated carbocycles. The molecule has 3 heterocycles. The lowest BCUT2D eigenvalue weighted by molar-refractivity contribution is -0.143. The summed E-state index contributed by atoms with van der Waals surface area (Å²) in [4.78, 5) is 30.1. The second-order valence-electron chi connectivity index (χ2n) is 7.10. The lowest BCUT2D eigenvalue weighted by atomic mass is 10.0. The number of aryl methyl sites for hydroxylation is 1. The first-order valence-electron chi connectivity index (χ1n) is 9.43. The summed E-state index contributed by atoms with van der Waals surface area (Å²) in [6.45, 7) is 2.74. The molecule has 9 heteroatoms. The summed E-state index contributed by atoms with van der Waals surface area (Å²) in [5.41, 5.74) is 1.56. The molecule has 30 heavy (non-hydrogen) atoms. The summed E-state index contributed by atoms with van der Waals surface area (Å²) < 4.78 is 36.8. The van der Waals surface area contributed by atoms with Gasteiger partial charge < -0.3 is 19.4 Å². The molecule has 1 aliphatic rings. The molecule has 0 atom stereocenters. The predicted octanol–water partition coefficient (Wildman–Crippen LogP) is 2.31. The summed E-state index contributed by atoms with van der Waals surface area (Å²) >= 11 is 0. The lowest BCUT2D eigenvalue weighted by Gasteiger charge is -2.27. The molecule has 3 aromatic rings. The van der Waals surface area contributed by atoms with E-state index < -0.39 is 17.5 Å². The van der Waals surface area contributed by atoms with E-state index in [1.807, 2.05) is 13.0 Å². The van der Waals surface area contributed by atoms with Crippen LogP contribution in [0, 0.1) is 18.6 Å². The van der Waals surface area contributed by atoms with E-state index in [2.05, 4.69) is 10.3 Å². The van der Waals surface area contributed by atoms with Crippen LogP contribution in [0.15, 0.2) is 30.5 Å². The Morgan fingerprint density at radius 1 is 1.27 bits per heavy atom. The van der Waals surface area contributed by atoms with Crippen LogP contribution in [-0.2, 0) is 16.1 Å². The summed E-state index contributed by atoms with van der Waals surface area (Å²) in [5.74, 6) is -2.60. The van der Waals surface area contributed by atoms with Crippen LogP contribution >= 0.6 is 0 Å². The number of nitrogens with one attached hydrogen (secondary N) is 1.